The molecule has 0 heterocycles. The molecule has 104 valence electrons. The number of hydrogen-bond acceptors (Lipinski definition) is 3. The van der Waals surface area contributed by atoms with Gasteiger partial charge in [-0.2, -0.15) is 0 Å². The Bertz CT molecular complexity index is 471. The molecule has 4 nitrogen and oxygen atoms in total. The smallest absolute Gasteiger partial charge is 0.310 e. The van der Waals surface area contributed by atoms with Crippen LogP contribution in [0.2, 0.25) is 0 Å². The first-order chi connectivity index (χ1) is 8.85. The van der Waals surface area contributed by atoms with E-state index in [4.69, 9.17) is 0 Å². The van der Waals surface area contributed by atoms with Crippen molar-refractivity contribution in [3.05, 3.63) is 35.4 Å². The first-order valence-corrected chi connectivity index (χ1v) is 5.64. The topological polar surface area (TPSA) is 46.6 Å². The van der Waals surface area contributed by atoms with Crippen molar-refractivity contribution < 1.29 is 23.1 Å². The SMILES string of the molecule is COC(=O)C(C)CN(C)C(=O)c1cc(F)cc(F)c1. The second kappa shape index (κ2) is 6.26. The summed E-state index contributed by atoms with van der Waals surface area (Å²) in [5.41, 5.74) is -0.0999. The Labute approximate surface area is 110 Å². The minimum atomic E-state index is -0.822. The molecule has 0 aromatic heterocycles. The van der Waals surface area contributed by atoms with Gasteiger partial charge in [-0.25, -0.2) is 8.78 Å². The number of amides is 1. The molecule has 6 heteroatoms. The normalized spacial score (nSPS) is 11.8. The third-order valence-corrected chi connectivity index (χ3v) is 2.61. The van der Waals surface area contributed by atoms with Gasteiger partial charge in [0.05, 0.1) is 13.0 Å². The van der Waals surface area contributed by atoms with E-state index in [0.717, 1.165) is 12.1 Å². The van der Waals surface area contributed by atoms with Gasteiger partial charge in [0.25, 0.3) is 5.91 Å². The van der Waals surface area contributed by atoms with Crippen LogP contribution in [-0.2, 0) is 9.53 Å². The van der Waals surface area contributed by atoms with Gasteiger partial charge in [0.15, 0.2) is 0 Å². The van der Waals surface area contributed by atoms with E-state index in [0.29, 0.717) is 6.07 Å². The average Bonchev–Trinajstić information content (AvgIpc) is 2.35. The minimum absolute atomic E-state index is 0.0999. The van der Waals surface area contributed by atoms with Crippen LogP contribution in [-0.4, -0.2) is 37.5 Å². The lowest BCUT2D eigenvalue weighted by Crippen LogP contribution is -2.34. The summed E-state index contributed by atoms with van der Waals surface area (Å²) in [6, 6.07) is 2.59. The van der Waals surface area contributed by atoms with E-state index in [2.05, 4.69) is 4.74 Å². The molecule has 0 aliphatic heterocycles. The highest BCUT2D eigenvalue weighted by Crippen LogP contribution is 2.11. The van der Waals surface area contributed by atoms with E-state index in [-0.39, 0.29) is 12.1 Å². The van der Waals surface area contributed by atoms with Crippen molar-refractivity contribution in [2.45, 2.75) is 6.92 Å². The summed E-state index contributed by atoms with van der Waals surface area (Å²) in [4.78, 5) is 24.4. The lowest BCUT2D eigenvalue weighted by molar-refractivity contribution is -0.145. The molecule has 1 rings (SSSR count). The van der Waals surface area contributed by atoms with Crippen LogP contribution in [0.3, 0.4) is 0 Å². The van der Waals surface area contributed by atoms with Crippen molar-refractivity contribution in [1.29, 1.82) is 0 Å². The number of carbonyl (C=O) groups is 2. The van der Waals surface area contributed by atoms with Crippen molar-refractivity contribution >= 4 is 11.9 Å². The fraction of sp³-hybridized carbons (Fsp3) is 0.385. The molecule has 19 heavy (non-hydrogen) atoms. The molecule has 0 N–H and O–H groups in total. The first-order valence-electron chi connectivity index (χ1n) is 5.64. The van der Waals surface area contributed by atoms with Crippen LogP contribution in [0.25, 0.3) is 0 Å². The maximum absolute atomic E-state index is 13.0. The minimum Gasteiger partial charge on any atom is -0.469 e. The van der Waals surface area contributed by atoms with E-state index in [1.807, 2.05) is 0 Å². The van der Waals surface area contributed by atoms with Crippen LogP contribution >= 0.6 is 0 Å². The maximum Gasteiger partial charge on any atom is 0.310 e. The summed E-state index contributed by atoms with van der Waals surface area (Å²) in [6.07, 6.45) is 0. The molecule has 0 bridgehead atoms. The Morgan fingerprint density at radius 2 is 1.79 bits per heavy atom. The number of esters is 1. The van der Waals surface area contributed by atoms with E-state index < -0.39 is 29.4 Å². The number of rotatable bonds is 4. The molecule has 0 saturated heterocycles. The molecule has 0 spiro atoms. The summed E-state index contributed by atoms with van der Waals surface area (Å²) in [5.74, 6) is -3.17. The number of methoxy groups -OCH3 is 1. The van der Waals surface area contributed by atoms with Gasteiger partial charge >= 0.3 is 5.97 Å². The monoisotopic (exact) mass is 271 g/mol. The highest BCUT2D eigenvalue weighted by Gasteiger charge is 2.20. The second-order valence-electron chi connectivity index (χ2n) is 4.27. The van der Waals surface area contributed by atoms with Gasteiger partial charge < -0.3 is 9.64 Å². The molecule has 0 fully saturated rings. The molecular weight excluding hydrogens is 256 g/mol. The number of carbonyl (C=O) groups excluding carboxylic acids is 2. The highest BCUT2D eigenvalue weighted by atomic mass is 19.1. The molecule has 1 amide bonds. The van der Waals surface area contributed by atoms with Crippen molar-refractivity contribution in [3.63, 3.8) is 0 Å². The van der Waals surface area contributed by atoms with Gasteiger partial charge in [0, 0.05) is 25.2 Å². The van der Waals surface area contributed by atoms with Crippen molar-refractivity contribution in [3.8, 4) is 0 Å². The molecule has 1 aromatic rings. The number of hydrogen-bond donors (Lipinski definition) is 0. The summed E-state index contributed by atoms with van der Waals surface area (Å²) in [6.45, 7) is 1.70. The Morgan fingerprint density at radius 3 is 2.26 bits per heavy atom. The lowest BCUT2D eigenvalue weighted by atomic mass is 10.1. The van der Waals surface area contributed by atoms with Crippen LogP contribution < -0.4 is 0 Å². The summed E-state index contributed by atoms with van der Waals surface area (Å²) in [5, 5.41) is 0. The van der Waals surface area contributed by atoms with Crippen LogP contribution in [0.1, 0.15) is 17.3 Å². The lowest BCUT2D eigenvalue weighted by Gasteiger charge is -2.20. The third kappa shape index (κ3) is 4.01. The van der Waals surface area contributed by atoms with Crippen molar-refractivity contribution in [2.24, 2.45) is 5.92 Å². The molecule has 0 saturated carbocycles. The van der Waals surface area contributed by atoms with Gasteiger partial charge in [-0.15, -0.1) is 0 Å². The van der Waals surface area contributed by atoms with Gasteiger partial charge in [0.2, 0.25) is 0 Å². The zero-order chi connectivity index (χ0) is 14.6. The standard InChI is InChI=1S/C13H15F2NO3/c1-8(13(18)19-3)7-16(2)12(17)9-4-10(14)6-11(15)5-9/h4-6,8H,7H2,1-3H3. The zero-order valence-electron chi connectivity index (χ0n) is 10.9. The zero-order valence-corrected chi connectivity index (χ0v) is 10.9. The van der Waals surface area contributed by atoms with Gasteiger partial charge in [-0.3, -0.25) is 9.59 Å². The number of halogens is 2. The fourth-order valence-electron chi connectivity index (χ4n) is 1.67. The highest BCUT2D eigenvalue weighted by molar-refractivity contribution is 5.94. The fourth-order valence-corrected chi connectivity index (χ4v) is 1.67. The number of nitrogens with zero attached hydrogens (tertiary/aromatic N) is 1. The molecule has 1 aromatic carbocycles. The van der Waals surface area contributed by atoms with E-state index in [1.165, 1.54) is 19.1 Å². The Balaban J connectivity index is 2.79. The molecule has 0 aliphatic rings. The van der Waals surface area contributed by atoms with Crippen LogP contribution in [0.15, 0.2) is 18.2 Å². The second-order valence-corrected chi connectivity index (χ2v) is 4.27. The van der Waals surface area contributed by atoms with Crippen LogP contribution in [0, 0.1) is 17.6 Å². The predicted molar refractivity (Wildman–Crippen MR) is 64.5 cm³/mol. The number of benzene rings is 1. The Hall–Kier alpha value is -1.98. The van der Waals surface area contributed by atoms with Gasteiger partial charge in [0.1, 0.15) is 11.6 Å². The first kappa shape index (κ1) is 15.1. The molecule has 1 unspecified atom stereocenters. The molecule has 0 aliphatic carbocycles. The van der Waals surface area contributed by atoms with Crippen LogP contribution in [0.5, 0.6) is 0 Å². The Kier molecular flexibility index (Phi) is 4.97. The van der Waals surface area contributed by atoms with Crippen molar-refractivity contribution in [2.75, 3.05) is 20.7 Å². The Morgan fingerprint density at radius 1 is 1.26 bits per heavy atom. The molecular formula is C13H15F2NO3. The largest absolute Gasteiger partial charge is 0.469 e. The van der Waals surface area contributed by atoms with Gasteiger partial charge in [-0.1, -0.05) is 6.92 Å². The van der Waals surface area contributed by atoms with E-state index in [9.17, 15) is 18.4 Å². The maximum atomic E-state index is 13.0. The van der Waals surface area contributed by atoms with E-state index in [1.54, 1.807) is 6.92 Å². The average molecular weight is 271 g/mol. The van der Waals surface area contributed by atoms with Crippen molar-refractivity contribution in [1.82, 2.24) is 4.90 Å². The summed E-state index contributed by atoms with van der Waals surface area (Å²) >= 11 is 0. The molecule has 0 radical (unpaired) electrons. The molecule has 1 atom stereocenters. The summed E-state index contributed by atoms with van der Waals surface area (Å²) < 4.78 is 30.6. The summed E-state index contributed by atoms with van der Waals surface area (Å²) in [7, 11) is 2.70. The third-order valence-electron chi connectivity index (χ3n) is 2.61. The predicted octanol–water partition coefficient (Wildman–Crippen LogP) is 1.85. The van der Waals surface area contributed by atoms with Crippen LogP contribution in [0.4, 0.5) is 8.78 Å². The number of ether oxygens (including phenoxy) is 1. The van der Waals surface area contributed by atoms with E-state index >= 15 is 0 Å². The van der Waals surface area contributed by atoms with Gasteiger partial charge in [-0.05, 0) is 12.1 Å². The quantitative estimate of drug-likeness (QED) is 0.785.